The number of hydrogen-bond acceptors (Lipinski definition) is 3. The van der Waals surface area contributed by atoms with Crippen molar-refractivity contribution in [1.29, 1.82) is 0 Å². The maximum atomic E-state index is 12.5. The van der Waals surface area contributed by atoms with Gasteiger partial charge in [0, 0.05) is 49.6 Å². The van der Waals surface area contributed by atoms with E-state index in [2.05, 4.69) is 17.4 Å². The monoisotopic (exact) mass is 464 g/mol. The second kappa shape index (κ2) is 11.1. The molecule has 0 fully saturated rings. The third-order valence-electron chi connectivity index (χ3n) is 5.51. The summed E-state index contributed by atoms with van der Waals surface area (Å²) >= 11 is 0. The molecule has 0 radical (unpaired) electrons. The molecule has 0 aliphatic heterocycles. The highest BCUT2D eigenvalue weighted by atomic mass is 16.2. The lowest BCUT2D eigenvalue weighted by molar-refractivity contribution is -0.116. The normalized spacial score (nSPS) is 10.9. The van der Waals surface area contributed by atoms with Crippen molar-refractivity contribution in [2.24, 2.45) is 0 Å². The van der Waals surface area contributed by atoms with Crippen LogP contribution in [0.2, 0.25) is 0 Å². The van der Waals surface area contributed by atoms with Gasteiger partial charge in [-0.3, -0.25) is 14.3 Å². The molecule has 0 saturated heterocycles. The summed E-state index contributed by atoms with van der Waals surface area (Å²) in [5, 5.41) is 7.68. The van der Waals surface area contributed by atoms with Crippen molar-refractivity contribution in [2.45, 2.75) is 13.1 Å². The number of nitrogens with one attached hydrogen (secondary N) is 1. The largest absolute Gasteiger partial charge is 0.348 e. The summed E-state index contributed by atoms with van der Waals surface area (Å²) < 4.78 is 1.89. The Morgan fingerprint density at radius 1 is 0.886 bits per heavy atom. The van der Waals surface area contributed by atoms with Gasteiger partial charge in [-0.1, -0.05) is 72.8 Å². The zero-order chi connectivity index (χ0) is 24.6. The molecule has 0 unspecified atom stereocenters. The molecule has 176 valence electrons. The van der Waals surface area contributed by atoms with E-state index >= 15 is 0 Å². The number of amides is 2. The molecule has 1 heterocycles. The zero-order valence-electron chi connectivity index (χ0n) is 19.9. The lowest BCUT2D eigenvalue weighted by Crippen LogP contribution is -2.22. The van der Waals surface area contributed by atoms with Crippen LogP contribution in [0.15, 0.2) is 97.2 Å². The van der Waals surface area contributed by atoms with Crippen LogP contribution in [0.3, 0.4) is 0 Å². The molecule has 6 nitrogen and oxygen atoms in total. The predicted molar refractivity (Wildman–Crippen MR) is 139 cm³/mol. The van der Waals surface area contributed by atoms with Gasteiger partial charge in [0.1, 0.15) is 0 Å². The van der Waals surface area contributed by atoms with Crippen molar-refractivity contribution in [3.05, 3.63) is 119 Å². The molecule has 4 rings (SSSR count). The molecular formula is C29H28N4O2. The Bertz CT molecular complexity index is 1310. The second-order valence-electron chi connectivity index (χ2n) is 8.43. The topological polar surface area (TPSA) is 67.2 Å². The average molecular weight is 465 g/mol. The number of rotatable bonds is 8. The highest BCUT2D eigenvalue weighted by Crippen LogP contribution is 2.23. The Hall–Kier alpha value is -4.45. The van der Waals surface area contributed by atoms with Crippen molar-refractivity contribution in [1.82, 2.24) is 20.0 Å². The van der Waals surface area contributed by atoms with Gasteiger partial charge < -0.3 is 10.2 Å². The third-order valence-corrected chi connectivity index (χ3v) is 5.51. The maximum absolute atomic E-state index is 12.5. The zero-order valence-corrected chi connectivity index (χ0v) is 19.9. The summed E-state index contributed by atoms with van der Waals surface area (Å²) in [5.74, 6) is -0.251. The second-order valence-corrected chi connectivity index (χ2v) is 8.43. The molecule has 3 aromatic carbocycles. The van der Waals surface area contributed by atoms with Gasteiger partial charge in [-0.2, -0.15) is 5.10 Å². The Morgan fingerprint density at radius 3 is 2.20 bits per heavy atom. The van der Waals surface area contributed by atoms with Crippen molar-refractivity contribution in [3.8, 4) is 11.3 Å². The van der Waals surface area contributed by atoms with Crippen molar-refractivity contribution < 1.29 is 9.59 Å². The molecule has 4 aromatic rings. The first-order valence-corrected chi connectivity index (χ1v) is 11.4. The van der Waals surface area contributed by atoms with Crippen LogP contribution in [0.5, 0.6) is 0 Å². The lowest BCUT2D eigenvalue weighted by atomic mass is 10.1. The van der Waals surface area contributed by atoms with Gasteiger partial charge in [0.15, 0.2) is 0 Å². The minimum Gasteiger partial charge on any atom is -0.348 e. The SMILES string of the molecule is CN(C)C(=O)c1ccc(CNC(=O)/C=C/c2cn(Cc3ccccc3)nc2-c2ccccc2)cc1. The Kier molecular flexibility index (Phi) is 7.53. The molecule has 35 heavy (non-hydrogen) atoms. The molecule has 1 N–H and O–H groups in total. The molecule has 2 amide bonds. The Labute approximate surface area is 205 Å². The van der Waals surface area contributed by atoms with Crippen LogP contribution in [0.4, 0.5) is 0 Å². The van der Waals surface area contributed by atoms with Gasteiger partial charge in [-0.25, -0.2) is 0 Å². The van der Waals surface area contributed by atoms with E-state index in [-0.39, 0.29) is 11.8 Å². The first-order valence-electron chi connectivity index (χ1n) is 11.4. The quantitative estimate of drug-likeness (QED) is 0.387. The van der Waals surface area contributed by atoms with E-state index in [1.54, 1.807) is 32.3 Å². The first kappa shape index (κ1) is 23.7. The molecule has 0 spiro atoms. The summed E-state index contributed by atoms with van der Waals surface area (Å²) in [5.41, 5.74) is 5.38. The molecule has 0 aliphatic carbocycles. The van der Waals surface area contributed by atoms with Gasteiger partial charge in [0.05, 0.1) is 12.2 Å². The van der Waals surface area contributed by atoms with Crippen molar-refractivity contribution in [3.63, 3.8) is 0 Å². The van der Waals surface area contributed by atoms with E-state index in [0.29, 0.717) is 18.7 Å². The van der Waals surface area contributed by atoms with Crippen LogP contribution >= 0.6 is 0 Å². The summed E-state index contributed by atoms with van der Waals surface area (Å²) in [6, 6.07) is 27.3. The van der Waals surface area contributed by atoms with Gasteiger partial charge in [-0.05, 0) is 29.3 Å². The molecule has 0 saturated carbocycles. The maximum Gasteiger partial charge on any atom is 0.253 e. The van der Waals surface area contributed by atoms with E-state index in [9.17, 15) is 9.59 Å². The molecular weight excluding hydrogens is 436 g/mol. The van der Waals surface area contributed by atoms with Crippen LogP contribution < -0.4 is 5.32 Å². The van der Waals surface area contributed by atoms with Crippen LogP contribution in [-0.4, -0.2) is 40.6 Å². The van der Waals surface area contributed by atoms with Gasteiger partial charge in [0.2, 0.25) is 5.91 Å². The average Bonchev–Trinajstić information content (AvgIpc) is 3.29. The molecule has 1 aromatic heterocycles. The van der Waals surface area contributed by atoms with Gasteiger partial charge in [-0.15, -0.1) is 0 Å². The van der Waals surface area contributed by atoms with E-state index in [4.69, 9.17) is 5.10 Å². The number of carbonyl (C=O) groups is 2. The molecule has 6 heteroatoms. The van der Waals surface area contributed by atoms with Crippen LogP contribution in [0.25, 0.3) is 17.3 Å². The minimum absolute atomic E-state index is 0.0504. The van der Waals surface area contributed by atoms with E-state index in [1.807, 2.05) is 71.5 Å². The summed E-state index contributed by atoms with van der Waals surface area (Å²) in [4.78, 5) is 26.1. The third kappa shape index (κ3) is 6.32. The van der Waals surface area contributed by atoms with Crippen molar-refractivity contribution in [2.75, 3.05) is 14.1 Å². The van der Waals surface area contributed by atoms with Crippen LogP contribution in [0, 0.1) is 0 Å². The predicted octanol–water partition coefficient (Wildman–Crippen LogP) is 4.63. The number of benzene rings is 3. The summed E-state index contributed by atoms with van der Waals surface area (Å²) in [7, 11) is 3.44. The van der Waals surface area contributed by atoms with Crippen LogP contribution in [-0.2, 0) is 17.9 Å². The first-order chi connectivity index (χ1) is 17.0. The minimum atomic E-state index is -0.201. The van der Waals surface area contributed by atoms with E-state index < -0.39 is 0 Å². The smallest absolute Gasteiger partial charge is 0.253 e. The highest BCUT2D eigenvalue weighted by molar-refractivity contribution is 5.94. The molecule has 0 atom stereocenters. The van der Waals surface area contributed by atoms with Gasteiger partial charge in [0.25, 0.3) is 5.91 Å². The lowest BCUT2D eigenvalue weighted by Gasteiger charge is -2.10. The number of aromatic nitrogens is 2. The fraction of sp³-hybridized carbons (Fsp3) is 0.138. The standard InChI is InChI=1S/C29H28N4O2/c1-32(2)29(35)25-15-13-22(14-16-25)19-30-27(34)18-17-26-21-33(20-23-9-5-3-6-10-23)31-28(26)24-11-7-4-8-12-24/h3-18,21H,19-20H2,1-2H3,(H,30,34)/b18-17+. The number of carbonyl (C=O) groups excluding carboxylic acids is 2. The van der Waals surface area contributed by atoms with Crippen LogP contribution in [0.1, 0.15) is 27.0 Å². The molecule has 0 bridgehead atoms. The number of hydrogen-bond donors (Lipinski definition) is 1. The fourth-order valence-electron chi connectivity index (χ4n) is 3.67. The van der Waals surface area contributed by atoms with Crippen molar-refractivity contribution >= 4 is 17.9 Å². The van der Waals surface area contributed by atoms with Gasteiger partial charge >= 0.3 is 0 Å². The Balaban J connectivity index is 1.45. The van der Waals surface area contributed by atoms with E-state index in [0.717, 1.165) is 27.9 Å². The highest BCUT2D eigenvalue weighted by Gasteiger charge is 2.11. The molecule has 0 aliphatic rings. The van der Waals surface area contributed by atoms with E-state index in [1.165, 1.54) is 11.0 Å². The summed E-state index contributed by atoms with van der Waals surface area (Å²) in [6.07, 6.45) is 5.28. The Morgan fingerprint density at radius 2 is 1.54 bits per heavy atom. The number of nitrogens with zero attached hydrogens (tertiary/aromatic N) is 3. The fourth-order valence-corrected chi connectivity index (χ4v) is 3.67. The summed E-state index contributed by atoms with van der Waals surface area (Å²) in [6.45, 7) is 1.02.